The van der Waals surface area contributed by atoms with Gasteiger partial charge in [0, 0.05) is 37.5 Å². The number of hydrogen-bond donors (Lipinski definition) is 0. The SMILES string of the molecule is C[C@@H](Oc1ccc2ncc3c(c2c1)CCOC3)c1cn(C23CC(C)(C2)OC3C(=O)N2CC(C#N)C2)nn1. The van der Waals surface area contributed by atoms with Gasteiger partial charge in [0.05, 0.1) is 42.5 Å². The molecule has 0 N–H and O–H groups in total. The number of amides is 1. The first-order valence-corrected chi connectivity index (χ1v) is 12.8. The number of nitrogens with zero attached hydrogens (tertiary/aromatic N) is 6. The molecule has 1 aromatic carbocycles. The fraction of sp³-hybridized carbons (Fsp3) is 0.519. The second-order valence-corrected chi connectivity index (χ2v) is 11.1. The Hall–Kier alpha value is -3.55. The molecule has 6 heterocycles. The summed E-state index contributed by atoms with van der Waals surface area (Å²) in [5, 5.41) is 19.0. The predicted octanol–water partition coefficient (Wildman–Crippen LogP) is 2.67. The van der Waals surface area contributed by atoms with Crippen LogP contribution in [-0.2, 0) is 32.8 Å². The normalized spacial score (nSPS) is 29.2. The van der Waals surface area contributed by atoms with Gasteiger partial charge in [-0.2, -0.15) is 5.26 Å². The van der Waals surface area contributed by atoms with E-state index in [-0.39, 0.29) is 23.5 Å². The second kappa shape index (κ2) is 7.97. The van der Waals surface area contributed by atoms with Gasteiger partial charge < -0.3 is 19.1 Å². The van der Waals surface area contributed by atoms with E-state index in [0.29, 0.717) is 44.8 Å². The van der Waals surface area contributed by atoms with E-state index in [4.69, 9.17) is 19.5 Å². The highest BCUT2D eigenvalue weighted by molar-refractivity contribution is 5.85. The van der Waals surface area contributed by atoms with Gasteiger partial charge in [-0.1, -0.05) is 5.21 Å². The highest BCUT2D eigenvalue weighted by atomic mass is 16.5. The number of ether oxygens (including phenoxy) is 3. The van der Waals surface area contributed by atoms with Gasteiger partial charge in [-0.25, -0.2) is 4.68 Å². The maximum Gasteiger partial charge on any atom is 0.254 e. The largest absolute Gasteiger partial charge is 0.484 e. The summed E-state index contributed by atoms with van der Waals surface area (Å²) in [5.41, 5.74) is 3.15. The topological polar surface area (TPSA) is 115 Å². The lowest BCUT2D eigenvalue weighted by Crippen LogP contribution is -2.59. The van der Waals surface area contributed by atoms with Gasteiger partial charge in [-0.3, -0.25) is 9.78 Å². The molecule has 4 fully saturated rings. The van der Waals surface area contributed by atoms with E-state index in [1.54, 1.807) is 4.90 Å². The van der Waals surface area contributed by atoms with Crippen molar-refractivity contribution in [2.45, 2.75) is 63.1 Å². The van der Waals surface area contributed by atoms with E-state index >= 15 is 0 Å². The van der Waals surface area contributed by atoms with Crippen molar-refractivity contribution in [2.75, 3.05) is 19.7 Å². The first kappa shape index (κ1) is 22.6. The number of likely N-dealkylation sites (tertiary alicyclic amines) is 1. The number of carbonyl (C=O) groups is 1. The molecule has 1 unspecified atom stereocenters. The lowest BCUT2D eigenvalue weighted by molar-refractivity contribution is -0.149. The first-order valence-electron chi connectivity index (χ1n) is 12.8. The van der Waals surface area contributed by atoms with Crippen molar-refractivity contribution in [3.8, 4) is 11.8 Å². The van der Waals surface area contributed by atoms with Gasteiger partial charge in [-0.15, -0.1) is 5.10 Å². The van der Waals surface area contributed by atoms with E-state index in [2.05, 4.69) is 21.4 Å². The second-order valence-electron chi connectivity index (χ2n) is 11.1. The molecule has 2 atom stereocenters. The molecule has 0 spiro atoms. The van der Waals surface area contributed by atoms with Crippen molar-refractivity contribution in [3.63, 3.8) is 0 Å². The minimum atomic E-state index is -0.619. The van der Waals surface area contributed by atoms with Crippen molar-refractivity contribution >= 4 is 16.8 Å². The molecule has 3 saturated heterocycles. The molecule has 0 radical (unpaired) electrons. The standard InChI is InChI=1S/C27H28N6O4/c1-16(36-19-3-4-22-21(7-19)20-5-6-35-13-18(20)9-29-22)23-12-33(31-30-23)27-14-26(2,15-27)37-24(27)25(34)32-10-17(8-28)11-32/h3-4,7,9,12,16-17,24H,5-6,10-11,13-15H2,1-2H3/t16-,24?,26?,27?/m1/s1. The number of fused-ring (bicyclic) bond motifs is 4. The molecule has 3 aromatic rings. The zero-order chi connectivity index (χ0) is 25.4. The van der Waals surface area contributed by atoms with E-state index in [1.165, 1.54) is 5.56 Å². The van der Waals surface area contributed by atoms with Crippen LogP contribution in [0.4, 0.5) is 0 Å². The molecular formula is C27H28N6O4. The van der Waals surface area contributed by atoms with Crippen molar-refractivity contribution in [1.29, 1.82) is 5.26 Å². The molecule has 5 aliphatic rings. The van der Waals surface area contributed by atoms with Crippen LogP contribution in [0, 0.1) is 17.2 Å². The van der Waals surface area contributed by atoms with Crippen LogP contribution in [-0.4, -0.2) is 62.2 Å². The number of rotatable bonds is 5. The average molecular weight is 501 g/mol. The lowest BCUT2D eigenvalue weighted by atomic mass is 9.66. The summed E-state index contributed by atoms with van der Waals surface area (Å²) in [6.07, 6.45) is 5.10. The molecule has 1 saturated carbocycles. The summed E-state index contributed by atoms with van der Waals surface area (Å²) in [5.74, 6) is 0.591. The monoisotopic (exact) mass is 500 g/mol. The Morgan fingerprint density at radius 1 is 1.32 bits per heavy atom. The fourth-order valence-corrected chi connectivity index (χ4v) is 6.44. The van der Waals surface area contributed by atoms with Crippen molar-refractivity contribution in [2.24, 2.45) is 5.92 Å². The Morgan fingerprint density at radius 2 is 2.16 bits per heavy atom. The summed E-state index contributed by atoms with van der Waals surface area (Å²) in [6, 6.07) is 8.18. The van der Waals surface area contributed by atoms with Crippen LogP contribution in [0.2, 0.25) is 0 Å². The summed E-state index contributed by atoms with van der Waals surface area (Å²) < 4.78 is 19.9. The summed E-state index contributed by atoms with van der Waals surface area (Å²) >= 11 is 0. The Kier molecular flexibility index (Phi) is 4.88. The predicted molar refractivity (Wildman–Crippen MR) is 130 cm³/mol. The Balaban J connectivity index is 1.11. The molecular weight excluding hydrogens is 472 g/mol. The molecule has 2 aromatic heterocycles. The van der Waals surface area contributed by atoms with Crippen LogP contribution in [0.3, 0.4) is 0 Å². The smallest absolute Gasteiger partial charge is 0.254 e. The number of hydrogen-bond acceptors (Lipinski definition) is 8. The minimum Gasteiger partial charge on any atom is -0.484 e. The van der Waals surface area contributed by atoms with Crippen molar-refractivity contribution in [3.05, 3.63) is 47.4 Å². The van der Waals surface area contributed by atoms with E-state index < -0.39 is 11.6 Å². The van der Waals surface area contributed by atoms with Crippen LogP contribution in [0.15, 0.2) is 30.6 Å². The number of nitriles is 1. The molecule has 2 bridgehead atoms. The molecule has 10 heteroatoms. The number of aromatic nitrogens is 4. The third-order valence-corrected chi connectivity index (χ3v) is 8.34. The molecule has 1 aliphatic carbocycles. The quantitative estimate of drug-likeness (QED) is 0.525. The minimum absolute atomic E-state index is 0.0624. The molecule has 10 nitrogen and oxygen atoms in total. The van der Waals surface area contributed by atoms with Gasteiger partial charge in [0.25, 0.3) is 5.91 Å². The molecule has 37 heavy (non-hydrogen) atoms. The summed E-state index contributed by atoms with van der Waals surface area (Å²) in [4.78, 5) is 19.5. The van der Waals surface area contributed by atoms with Crippen LogP contribution in [0.25, 0.3) is 10.9 Å². The van der Waals surface area contributed by atoms with Crippen molar-refractivity contribution < 1.29 is 19.0 Å². The van der Waals surface area contributed by atoms with Gasteiger partial charge >= 0.3 is 0 Å². The van der Waals surface area contributed by atoms with Crippen LogP contribution < -0.4 is 4.74 Å². The molecule has 4 aliphatic heterocycles. The average Bonchev–Trinajstić information content (AvgIpc) is 3.54. The highest BCUT2D eigenvalue weighted by Crippen LogP contribution is 2.60. The van der Waals surface area contributed by atoms with E-state index in [9.17, 15) is 4.79 Å². The highest BCUT2D eigenvalue weighted by Gasteiger charge is 2.70. The fourth-order valence-electron chi connectivity index (χ4n) is 6.44. The first-order chi connectivity index (χ1) is 17.9. The number of pyridine rings is 1. The summed E-state index contributed by atoms with van der Waals surface area (Å²) in [6.45, 7) is 6.22. The zero-order valence-electron chi connectivity index (χ0n) is 20.9. The lowest BCUT2D eigenvalue weighted by Gasteiger charge is -2.44. The Bertz CT molecular complexity index is 1450. The van der Waals surface area contributed by atoms with Gasteiger partial charge in [0.15, 0.2) is 6.10 Å². The Labute approximate surface area is 214 Å². The maximum atomic E-state index is 13.2. The number of benzene rings is 1. The van der Waals surface area contributed by atoms with Crippen molar-refractivity contribution in [1.82, 2.24) is 24.9 Å². The van der Waals surface area contributed by atoms with Gasteiger partial charge in [-0.05, 0) is 49.6 Å². The molecule has 190 valence electrons. The van der Waals surface area contributed by atoms with E-state index in [1.807, 2.05) is 49.1 Å². The van der Waals surface area contributed by atoms with Crippen LogP contribution >= 0.6 is 0 Å². The maximum absolute atomic E-state index is 13.2. The van der Waals surface area contributed by atoms with Gasteiger partial charge in [0.1, 0.15) is 23.1 Å². The van der Waals surface area contributed by atoms with E-state index in [0.717, 1.165) is 28.6 Å². The van der Waals surface area contributed by atoms with Crippen LogP contribution in [0.5, 0.6) is 5.75 Å². The van der Waals surface area contributed by atoms with Gasteiger partial charge in [0.2, 0.25) is 0 Å². The number of carbonyl (C=O) groups excluding carboxylic acids is 1. The third kappa shape index (κ3) is 3.45. The Morgan fingerprint density at radius 3 is 2.97 bits per heavy atom. The molecule has 1 amide bonds. The molecule has 8 rings (SSSR count). The third-order valence-electron chi connectivity index (χ3n) is 8.34. The van der Waals surface area contributed by atoms with Crippen LogP contribution in [0.1, 0.15) is 49.6 Å². The zero-order valence-corrected chi connectivity index (χ0v) is 20.9. The summed E-state index contributed by atoms with van der Waals surface area (Å²) in [7, 11) is 0.